The average molecular weight is 361 g/mol. The van der Waals surface area contributed by atoms with Gasteiger partial charge in [0, 0.05) is 39.3 Å². The van der Waals surface area contributed by atoms with E-state index in [0.29, 0.717) is 17.3 Å². The number of anilines is 2. The Morgan fingerprint density at radius 1 is 1.12 bits per heavy atom. The van der Waals surface area contributed by atoms with Crippen molar-refractivity contribution >= 4 is 22.9 Å². The van der Waals surface area contributed by atoms with Crippen LogP contribution in [0.25, 0.3) is 11.3 Å². The van der Waals surface area contributed by atoms with E-state index in [1.54, 1.807) is 0 Å². The Morgan fingerprint density at radius 2 is 1.85 bits per heavy atom. The molecule has 2 fully saturated rings. The zero-order valence-corrected chi connectivity index (χ0v) is 15.4. The molecule has 0 bridgehead atoms. The van der Waals surface area contributed by atoms with Crippen LogP contribution in [0, 0.1) is 0 Å². The molecular weight excluding hydrogens is 334 g/mol. The molecule has 0 spiro atoms. The lowest BCUT2D eigenvalue weighted by Crippen LogP contribution is -2.38. The van der Waals surface area contributed by atoms with Gasteiger partial charge in [-0.15, -0.1) is 0 Å². The Hall–Kier alpha value is -2.00. The van der Waals surface area contributed by atoms with Crippen LogP contribution in [0.4, 0.5) is 11.6 Å². The lowest BCUT2D eigenvalue weighted by Gasteiger charge is -2.28. The summed E-state index contributed by atoms with van der Waals surface area (Å²) in [5.74, 6) is 1.61. The number of hydrogen-bond acceptors (Lipinski definition) is 9. The van der Waals surface area contributed by atoms with E-state index in [9.17, 15) is 0 Å². The maximum atomic E-state index is 5.41. The molecule has 2 aromatic heterocycles. The van der Waals surface area contributed by atoms with Crippen molar-refractivity contribution in [1.82, 2.24) is 25.2 Å². The first-order chi connectivity index (χ1) is 12.8. The van der Waals surface area contributed by atoms with Crippen LogP contribution in [0.1, 0.15) is 32.1 Å². The highest BCUT2D eigenvalue weighted by Crippen LogP contribution is 2.27. The maximum absolute atomic E-state index is 5.41. The second-order valence-corrected chi connectivity index (χ2v) is 7.16. The molecule has 1 saturated heterocycles. The molecule has 1 aliphatic heterocycles. The minimum absolute atomic E-state index is 0.455. The SMILES string of the molecule is CN(CCCN1CCOCC1)c1nc2nonc2nc1NC1CCCC1. The number of fused-ring (bicyclic) bond motifs is 1. The third kappa shape index (κ3) is 4.04. The number of ether oxygens (including phenoxy) is 1. The third-order valence-electron chi connectivity index (χ3n) is 5.23. The van der Waals surface area contributed by atoms with Crippen LogP contribution in [0.15, 0.2) is 4.63 Å². The first-order valence-electron chi connectivity index (χ1n) is 9.58. The summed E-state index contributed by atoms with van der Waals surface area (Å²) in [4.78, 5) is 13.9. The fourth-order valence-corrected chi connectivity index (χ4v) is 3.72. The number of nitrogens with one attached hydrogen (secondary N) is 1. The van der Waals surface area contributed by atoms with Crippen LogP contribution in [0.2, 0.25) is 0 Å². The van der Waals surface area contributed by atoms with Gasteiger partial charge in [0.15, 0.2) is 11.6 Å². The Balaban J connectivity index is 1.43. The number of rotatable bonds is 7. The Bertz CT molecular complexity index is 710. The van der Waals surface area contributed by atoms with Crippen molar-refractivity contribution < 1.29 is 9.37 Å². The molecule has 3 heterocycles. The molecule has 1 N–H and O–H groups in total. The summed E-state index contributed by atoms with van der Waals surface area (Å²) < 4.78 is 10.2. The minimum atomic E-state index is 0.455. The Kier molecular flexibility index (Phi) is 5.45. The molecule has 26 heavy (non-hydrogen) atoms. The first-order valence-corrected chi connectivity index (χ1v) is 9.58. The van der Waals surface area contributed by atoms with Gasteiger partial charge < -0.3 is 15.0 Å². The van der Waals surface area contributed by atoms with Crippen molar-refractivity contribution in [1.29, 1.82) is 0 Å². The molecule has 0 radical (unpaired) electrons. The van der Waals surface area contributed by atoms with Gasteiger partial charge >= 0.3 is 0 Å². The van der Waals surface area contributed by atoms with Gasteiger partial charge in [0.25, 0.3) is 0 Å². The van der Waals surface area contributed by atoms with Crippen LogP contribution < -0.4 is 10.2 Å². The molecular formula is C17H27N7O2. The molecule has 2 aromatic rings. The third-order valence-corrected chi connectivity index (χ3v) is 5.23. The summed E-state index contributed by atoms with van der Waals surface area (Å²) in [6.07, 6.45) is 5.96. The van der Waals surface area contributed by atoms with Crippen LogP contribution in [-0.4, -0.2) is 77.7 Å². The van der Waals surface area contributed by atoms with Gasteiger partial charge in [-0.2, -0.15) is 0 Å². The lowest BCUT2D eigenvalue weighted by atomic mass is 10.2. The van der Waals surface area contributed by atoms with Gasteiger partial charge in [0.05, 0.1) is 13.2 Å². The molecule has 0 atom stereocenters. The van der Waals surface area contributed by atoms with Gasteiger partial charge in [0.1, 0.15) is 0 Å². The predicted molar refractivity (Wildman–Crippen MR) is 98.4 cm³/mol. The molecule has 9 heteroatoms. The van der Waals surface area contributed by atoms with Crippen molar-refractivity contribution in [3.63, 3.8) is 0 Å². The van der Waals surface area contributed by atoms with Crippen molar-refractivity contribution in [2.45, 2.75) is 38.1 Å². The Morgan fingerprint density at radius 3 is 2.62 bits per heavy atom. The normalized spacial score (nSPS) is 19.3. The molecule has 0 unspecified atom stereocenters. The zero-order chi connectivity index (χ0) is 17.8. The van der Waals surface area contributed by atoms with Crippen molar-refractivity contribution in [3.8, 4) is 0 Å². The predicted octanol–water partition coefficient (Wildman–Crippen LogP) is 1.53. The van der Waals surface area contributed by atoms with Gasteiger partial charge in [-0.05, 0) is 29.6 Å². The van der Waals surface area contributed by atoms with Crippen molar-refractivity contribution in [2.75, 3.05) is 56.7 Å². The first kappa shape index (κ1) is 17.4. The summed E-state index contributed by atoms with van der Waals surface area (Å²) in [7, 11) is 2.06. The van der Waals surface area contributed by atoms with Crippen LogP contribution in [0.5, 0.6) is 0 Å². The number of aromatic nitrogens is 4. The standard InChI is InChI=1S/C17H27N7O2/c1-23(7-4-8-24-9-11-25-12-10-24)17-16(18-13-5-2-3-6-13)19-14-15(20-17)22-26-21-14/h13H,2-12H2,1H3,(H,18,19,21). The van der Waals surface area contributed by atoms with E-state index in [-0.39, 0.29) is 0 Å². The molecule has 142 valence electrons. The van der Waals surface area contributed by atoms with Gasteiger partial charge in [-0.1, -0.05) is 12.8 Å². The number of nitrogens with zero attached hydrogens (tertiary/aromatic N) is 6. The Labute approximate surface area is 153 Å². The largest absolute Gasteiger partial charge is 0.379 e. The summed E-state index contributed by atoms with van der Waals surface area (Å²) in [6.45, 7) is 5.70. The fraction of sp³-hybridized carbons (Fsp3) is 0.765. The van der Waals surface area contributed by atoms with E-state index in [2.05, 4.69) is 42.4 Å². The monoisotopic (exact) mass is 361 g/mol. The van der Waals surface area contributed by atoms with Crippen LogP contribution in [0.3, 0.4) is 0 Å². The quantitative estimate of drug-likeness (QED) is 0.788. The highest BCUT2D eigenvalue weighted by Gasteiger charge is 2.21. The maximum Gasteiger partial charge on any atom is 0.245 e. The van der Waals surface area contributed by atoms with Crippen molar-refractivity contribution in [3.05, 3.63) is 0 Å². The van der Waals surface area contributed by atoms with Gasteiger partial charge in [-0.3, -0.25) is 4.90 Å². The second kappa shape index (κ2) is 8.13. The molecule has 1 saturated carbocycles. The highest BCUT2D eigenvalue weighted by atomic mass is 16.6. The van der Waals surface area contributed by atoms with E-state index >= 15 is 0 Å². The average Bonchev–Trinajstić information content (AvgIpc) is 3.33. The molecule has 0 amide bonds. The fourth-order valence-electron chi connectivity index (χ4n) is 3.72. The van der Waals surface area contributed by atoms with E-state index in [1.807, 2.05) is 0 Å². The number of hydrogen-bond donors (Lipinski definition) is 1. The molecule has 0 aromatic carbocycles. The van der Waals surface area contributed by atoms with Crippen LogP contribution >= 0.6 is 0 Å². The summed E-state index contributed by atoms with van der Waals surface area (Å²) in [6, 6.07) is 0.460. The summed E-state index contributed by atoms with van der Waals surface area (Å²) in [5, 5.41) is 11.3. The second-order valence-electron chi connectivity index (χ2n) is 7.16. The zero-order valence-electron chi connectivity index (χ0n) is 15.4. The van der Waals surface area contributed by atoms with Crippen LogP contribution in [-0.2, 0) is 4.74 Å². The van der Waals surface area contributed by atoms with Gasteiger partial charge in [0.2, 0.25) is 11.3 Å². The summed E-state index contributed by atoms with van der Waals surface area (Å²) in [5.41, 5.74) is 0.910. The molecule has 1 aliphatic carbocycles. The van der Waals surface area contributed by atoms with E-state index in [1.165, 1.54) is 25.7 Å². The van der Waals surface area contributed by atoms with Crippen molar-refractivity contribution in [2.24, 2.45) is 0 Å². The molecule has 9 nitrogen and oxygen atoms in total. The van der Waals surface area contributed by atoms with E-state index in [0.717, 1.165) is 57.4 Å². The summed E-state index contributed by atoms with van der Waals surface area (Å²) >= 11 is 0. The molecule has 2 aliphatic rings. The van der Waals surface area contributed by atoms with E-state index in [4.69, 9.17) is 9.37 Å². The highest BCUT2D eigenvalue weighted by molar-refractivity contribution is 5.74. The topological polar surface area (TPSA) is 92.4 Å². The molecule has 4 rings (SSSR count). The smallest absolute Gasteiger partial charge is 0.245 e. The minimum Gasteiger partial charge on any atom is -0.379 e. The lowest BCUT2D eigenvalue weighted by molar-refractivity contribution is 0.0377. The van der Waals surface area contributed by atoms with Gasteiger partial charge in [-0.25, -0.2) is 14.6 Å². The number of morpholine rings is 1. The van der Waals surface area contributed by atoms with E-state index < -0.39 is 0 Å².